The number of piperidine rings is 1. The van der Waals surface area contributed by atoms with Crippen LogP contribution in [0.3, 0.4) is 0 Å². The van der Waals surface area contributed by atoms with Gasteiger partial charge < -0.3 is 15.5 Å². The third-order valence-corrected chi connectivity index (χ3v) is 6.32. The van der Waals surface area contributed by atoms with Gasteiger partial charge in [0.25, 0.3) is 0 Å². The number of nitrogens with one attached hydrogen (secondary N) is 2. The number of thioether (sulfide) groups is 1. The van der Waals surface area contributed by atoms with Crippen molar-refractivity contribution < 1.29 is 4.79 Å². The highest BCUT2D eigenvalue weighted by atomic mass is 32.2. The van der Waals surface area contributed by atoms with Crippen molar-refractivity contribution in [3.63, 3.8) is 0 Å². The molecule has 1 fully saturated rings. The second kappa shape index (κ2) is 12.7. The quantitative estimate of drug-likeness (QED) is 0.500. The molecule has 0 bridgehead atoms. The Morgan fingerprint density at radius 1 is 1.03 bits per heavy atom. The molecule has 1 heterocycles. The lowest BCUT2D eigenvalue weighted by molar-refractivity contribution is -0.116. The van der Waals surface area contributed by atoms with Gasteiger partial charge in [0.15, 0.2) is 0 Å². The fraction of sp³-hybridized carbons (Fsp3) is 0.480. The van der Waals surface area contributed by atoms with E-state index in [0.29, 0.717) is 12.5 Å². The number of unbranched alkanes of at least 4 members (excludes halogenated alkanes) is 1. The van der Waals surface area contributed by atoms with Crippen LogP contribution in [0.25, 0.3) is 0 Å². The molecule has 0 unspecified atom stereocenters. The first-order valence-corrected chi connectivity index (χ1v) is 12.5. The first kappa shape index (κ1) is 22.7. The lowest BCUT2D eigenvalue weighted by Crippen LogP contribution is -2.43. The molecule has 1 saturated heterocycles. The Kier molecular flexibility index (Phi) is 9.58. The fourth-order valence-corrected chi connectivity index (χ4v) is 4.27. The van der Waals surface area contributed by atoms with Crippen LogP contribution in [0, 0.1) is 0 Å². The van der Waals surface area contributed by atoms with Crippen LogP contribution < -0.4 is 15.5 Å². The average Bonchev–Trinajstić information content (AvgIpc) is 2.79. The number of anilines is 2. The maximum atomic E-state index is 12.2. The molecule has 1 aliphatic rings. The molecule has 162 valence electrons. The molecule has 3 rings (SSSR count). The summed E-state index contributed by atoms with van der Waals surface area (Å²) in [6.45, 7) is 3.28. The van der Waals surface area contributed by atoms with Gasteiger partial charge in [-0.25, -0.2) is 0 Å². The largest absolute Gasteiger partial charge is 0.371 e. The highest BCUT2D eigenvalue weighted by Crippen LogP contribution is 2.22. The Morgan fingerprint density at radius 3 is 2.47 bits per heavy atom. The molecule has 30 heavy (non-hydrogen) atoms. The van der Waals surface area contributed by atoms with Gasteiger partial charge in [0.2, 0.25) is 5.91 Å². The minimum absolute atomic E-state index is 0.105. The molecule has 0 spiro atoms. The summed E-state index contributed by atoms with van der Waals surface area (Å²) in [6, 6.07) is 19.4. The molecule has 4 nitrogen and oxygen atoms in total. The molecule has 0 atom stereocenters. The molecular formula is C25H35N3OS. The number of hydrogen-bond donors (Lipinski definition) is 2. The second-order valence-corrected chi connectivity index (χ2v) is 8.98. The van der Waals surface area contributed by atoms with Crippen molar-refractivity contribution >= 4 is 29.0 Å². The van der Waals surface area contributed by atoms with Crippen molar-refractivity contribution in [2.45, 2.75) is 44.6 Å². The minimum Gasteiger partial charge on any atom is -0.371 e. The summed E-state index contributed by atoms with van der Waals surface area (Å²) in [5.74, 6) is 1.29. The standard InChI is InChI=1S/C25H35N3OS/c1-30-20-17-26-22-15-18-28(19-16-22)24-13-11-23(12-14-24)27-25(29)10-6-5-9-21-7-3-2-4-8-21/h2-4,7-8,11-14,22,26H,5-6,9-10,15-20H2,1H3,(H,27,29). The fourth-order valence-electron chi connectivity index (χ4n) is 3.95. The number of carbonyl (C=O) groups is 1. The maximum absolute atomic E-state index is 12.2. The van der Waals surface area contributed by atoms with E-state index >= 15 is 0 Å². The van der Waals surface area contributed by atoms with Gasteiger partial charge in [-0.3, -0.25) is 4.79 Å². The number of hydrogen-bond acceptors (Lipinski definition) is 4. The third-order valence-electron chi connectivity index (χ3n) is 5.71. The SMILES string of the molecule is CSCCNC1CCN(c2ccc(NC(=O)CCCCc3ccccc3)cc2)CC1. The van der Waals surface area contributed by atoms with E-state index in [4.69, 9.17) is 0 Å². The predicted molar refractivity (Wildman–Crippen MR) is 131 cm³/mol. The summed E-state index contributed by atoms with van der Waals surface area (Å²) >= 11 is 1.89. The molecule has 1 aliphatic heterocycles. The number of amides is 1. The van der Waals surface area contributed by atoms with E-state index in [1.807, 2.05) is 30.0 Å². The Morgan fingerprint density at radius 2 is 1.77 bits per heavy atom. The van der Waals surface area contributed by atoms with Crippen molar-refractivity contribution in [2.75, 3.05) is 41.9 Å². The molecule has 0 aliphatic carbocycles. The topological polar surface area (TPSA) is 44.4 Å². The summed E-state index contributed by atoms with van der Waals surface area (Å²) in [5, 5.41) is 6.70. The highest BCUT2D eigenvalue weighted by molar-refractivity contribution is 7.98. The Hall–Kier alpha value is -1.98. The summed E-state index contributed by atoms with van der Waals surface area (Å²) in [7, 11) is 0. The molecule has 0 radical (unpaired) electrons. The van der Waals surface area contributed by atoms with Crippen LogP contribution in [0.1, 0.15) is 37.7 Å². The molecular weight excluding hydrogens is 390 g/mol. The van der Waals surface area contributed by atoms with Crippen LogP contribution >= 0.6 is 11.8 Å². The zero-order valence-electron chi connectivity index (χ0n) is 18.1. The Balaban J connectivity index is 1.34. The molecule has 2 aromatic rings. The Labute approximate surface area is 185 Å². The van der Waals surface area contributed by atoms with Crippen LogP contribution in [0.5, 0.6) is 0 Å². The average molecular weight is 426 g/mol. The van der Waals surface area contributed by atoms with Crippen molar-refractivity contribution in [3.05, 3.63) is 60.2 Å². The number of nitrogens with zero attached hydrogens (tertiary/aromatic N) is 1. The van der Waals surface area contributed by atoms with E-state index < -0.39 is 0 Å². The van der Waals surface area contributed by atoms with E-state index in [0.717, 1.165) is 44.6 Å². The van der Waals surface area contributed by atoms with Crippen LogP contribution in [0.4, 0.5) is 11.4 Å². The number of rotatable bonds is 11. The third kappa shape index (κ3) is 7.69. The van der Waals surface area contributed by atoms with Gasteiger partial charge in [0.1, 0.15) is 0 Å². The summed E-state index contributed by atoms with van der Waals surface area (Å²) in [5.41, 5.74) is 3.48. The molecule has 2 N–H and O–H groups in total. The van der Waals surface area contributed by atoms with E-state index in [-0.39, 0.29) is 5.91 Å². The highest BCUT2D eigenvalue weighted by Gasteiger charge is 2.18. The monoisotopic (exact) mass is 425 g/mol. The zero-order chi connectivity index (χ0) is 21.0. The number of aryl methyl sites for hydroxylation is 1. The first-order valence-electron chi connectivity index (χ1n) is 11.2. The first-order chi connectivity index (χ1) is 14.7. The normalized spacial score (nSPS) is 14.6. The van der Waals surface area contributed by atoms with E-state index in [1.54, 1.807) is 0 Å². The smallest absolute Gasteiger partial charge is 0.224 e. The van der Waals surface area contributed by atoms with Crippen LogP contribution in [0.15, 0.2) is 54.6 Å². The molecule has 0 aromatic heterocycles. The van der Waals surface area contributed by atoms with E-state index in [2.05, 4.69) is 58.2 Å². The van der Waals surface area contributed by atoms with Gasteiger partial charge in [-0.15, -0.1) is 0 Å². The minimum atomic E-state index is 0.105. The van der Waals surface area contributed by atoms with Crippen LogP contribution in [-0.4, -0.2) is 43.6 Å². The molecule has 0 saturated carbocycles. The lowest BCUT2D eigenvalue weighted by Gasteiger charge is -2.34. The summed E-state index contributed by atoms with van der Waals surface area (Å²) in [6.07, 6.45) is 8.10. The second-order valence-electron chi connectivity index (χ2n) is 8.00. The van der Waals surface area contributed by atoms with Crippen molar-refractivity contribution in [3.8, 4) is 0 Å². The Bertz CT molecular complexity index is 743. The van der Waals surface area contributed by atoms with Gasteiger partial charge >= 0.3 is 0 Å². The molecule has 1 amide bonds. The zero-order valence-corrected chi connectivity index (χ0v) is 18.9. The predicted octanol–water partition coefficient (Wildman–Crippen LogP) is 4.96. The molecule has 5 heteroatoms. The van der Waals surface area contributed by atoms with Gasteiger partial charge in [-0.1, -0.05) is 30.3 Å². The number of benzene rings is 2. The van der Waals surface area contributed by atoms with Crippen molar-refractivity contribution in [1.29, 1.82) is 0 Å². The van der Waals surface area contributed by atoms with Crippen LogP contribution in [-0.2, 0) is 11.2 Å². The van der Waals surface area contributed by atoms with Crippen molar-refractivity contribution in [2.24, 2.45) is 0 Å². The number of carbonyl (C=O) groups excluding carboxylic acids is 1. The molecule has 2 aromatic carbocycles. The van der Waals surface area contributed by atoms with Gasteiger partial charge in [0, 0.05) is 49.2 Å². The van der Waals surface area contributed by atoms with Crippen molar-refractivity contribution in [1.82, 2.24) is 5.32 Å². The van der Waals surface area contributed by atoms with Crippen LogP contribution in [0.2, 0.25) is 0 Å². The lowest BCUT2D eigenvalue weighted by atomic mass is 10.0. The van der Waals surface area contributed by atoms with Gasteiger partial charge in [-0.05, 0) is 68.2 Å². The van der Waals surface area contributed by atoms with E-state index in [9.17, 15) is 4.79 Å². The van der Waals surface area contributed by atoms with E-state index in [1.165, 1.54) is 29.8 Å². The van der Waals surface area contributed by atoms with Gasteiger partial charge in [0.05, 0.1) is 0 Å². The van der Waals surface area contributed by atoms with Gasteiger partial charge in [-0.2, -0.15) is 11.8 Å². The summed E-state index contributed by atoms with van der Waals surface area (Å²) in [4.78, 5) is 14.7. The summed E-state index contributed by atoms with van der Waals surface area (Å²) < 4.78 is 0. The maximum Gasteiger partial charge on any atom is 0.224 e.